The molecule has 3 aromatic rings. The van der Waals surface area contributed by atoms with Crippen molar-refractivity contribution in [1.29, 1.82) is 0 Å². The number of hydrogen-bond donors (Lipinski definition) is 0. The Morgan fingerprint density at radius 1 is 0.981 bits per heavy atom. The van der Waals surface area contributed by atoms with E-state index in [0.29, 0.717) is 113 Å². The van der Waals surface area contributed by atoms with Crippen LogP contribution in [-0.4, -0.2) is 128 Å². The fourth-order valence-electron chi connectivity index (χ4n) is 6.98. The second-order valence-electron chi connectivity index (χ2n) is 13.1. The van der Waals surface area contributed by atoms with Crippen LogP contribution >= 0.6 is 34.2 Å². The molecule has 3 aliphatic rings. The van der Waals surface area contributed by atoms with Crippen LogP contribution in [0.5, 0.6) is 0 Å². The molecule has 2 amide bonds. The van der Waals surface area contributed by atoms with Gasteiger partial charge in [0.2, 0.25) is 11.8 Å². The number of amides is 2. The van der Waals surface area contributed by atoms with Crippen LogP contribution in [-0.2, 0) is 61.6 Å². The lowest BCUT2D eigenvalue weighted by Crippen LogP contribution is -2.53. The lowest BCUT2D eigenvalue weighted by Gasteiger charge is -2.40. The van der Waals surface area contributed by atoms with Gasteiger partial charge in [0.15, 0.2) is 9.84 Å². The maximum absolute atomic E-state index is 14.4. The molecule has 1 spiro atoms. The van der Waals surface area contributed by atoms with Crippen LogP contribution in [0.1, 0.15) is 30.7 Å². The Morgan fingerprint density at radius 3 is 2.35 bits per heavy atom. The topological polar surface area (TPSA) is 152 Å². The molecule has 1 aromatic carbocycles. The van der Waals surface area contributed by atoms with Gasteiger partial charge in [-0.25, -0.2) is 13.4 Å². The molecule has 0 atom stereocenters. The first-order chi connectivity index (χ1) is 25.2. The van der Waals surface area contributed by atoms with Crippen LogP contribution < -0.4 is 4.90 Å². The summed E-state index contributed by atoms with van der Waals surface area (Å²) in [5, 5.41) is 0.530. The Labute approximate surface area is 322 Å². The molecule has 0 saturated carbocycles. The molecule has 0 radical (unpaired) electrons. The highest BCUT2D eigenvalue weighted by Crippen LogP contribution is 2.48. The number of nitrogens with zero attached hydrogens (tertiary/aromatic N) is 5. The van der Waals surface area contributed by atoms with Crippen LogP contribution in [0.15, 0.2) is 36.7 Å². The molecular weight excluding hydrogens is 829 g/mol. The van der Waals surface area contributed by atoms with Crippen LogP contribution in [0.4, 0.5) is 5.69 Å². The lowest BCUT2D eigenvalue weighted by atomic mass is 9.73. The summed E-state index contributed by atoms with van der Waals surface area (Å²) in [5.74, 6) is 0.463. The molecule has 17 heteroatoms. The van der Waals surface area contributed by atoms with Crippen LogP contribution in [0.3, 0.4) is 0 Å². The Bertz CT molecular complexity index is 1800. The summed E-state index contributed by atoms with van der Waals surface area (Å²) in [6, 6.07) is 7.33. The van der Waals surface area contributed by atoms with Gasteiger partial charge in [-0.2, -0.15) is 0 Å². The lowest BCUT2D eigenvalue weighted by molar-refractivity contribution is -0.152. The first-order valence-electron chi connectivity index (χ1n) is 17.6. The predicted molar refractivity (Wildman–Crippen MR) is 203 cm³/mol. The summed E-state index contributed by atoms with van der Waals surface area (Å²) in [6.07, 6.45) is 4.81. The maximum Gasteiger partial charge on any atom is 0.238 e. The van der Waals surface area contributed by atoms with Gasteiger partial charge >= 0.3 is 0 Å². The fraction of sp³-hybridized carbons (Fsp3) is 0.600. The molecule has 0 bridgehead atoms. The zero-order chi connectivity index (χ0) is 36.6. The Balaban J connectivity index is 1.05. The molecule has 284 valence electrons. The number of halogens is 2. The van der Waals surface area contributed by atoms with Gasteiger partial charge in [0.05, 0.1) is 116 Å². The average molecular weight is 874 g/mol. The number of imidazole rings is 1. The van der Waals surface area contributed by atoms with Gasteiger partial charge in [0.25, 0.3) is 0 Å². The summed E-state index contributed by atoms with van der Waals surface area (Å²) in [5.41, 5.74) is 2.36. The van der Waals surface area contributed by atoms with Crippen molar-refractivity contribution in [2.24, 2.45) is 5.92 Å². The van der Waals surface area contributed by atoms with Crippen molar-refractivity contribution in [1.82, 2.24) is 19.4 Å². The number of likely N-dealkylation sites (tertiary alicyclic amines) is 1. The van der Waals surface area contributed by atoms with E-state index in [0.717, 1.165) is 16.8 Å². The highest BCUT2D eigenvalue weighted by Gasteiger charge is 2.53. The van der Waals surface area contributed by atoms with Crippen LogP contribution in [0, 0.1) is 5.92 Å². The van der Waals surface area contributed by atoms with Crippen molar-refractivity contribution in [3.8, 4) is 0 Å². The van der Waals surface area contributed by atoms with Crippen molar-refractivity contribution in [2.75, 3.05) is 93.6 Å². The number of alkyl halides is 1. The van der Waals surface area contributed by atoms with E-state index < -0.39 is 15.3 Å². The third-order valence-corrected chi connectivity index (χ3v) is 12.2. The number of rotatable bonds is 20. The Kier molecular flexibility index (Phi) is 13.8. The summed E-state index contributed by atoms with van der Waals surface area (Å²) in [6.45, 7) is 5.12. The third-order valence-electron chi connectivity index (χ3n) is 9.83. The SMILES string of the molecule is O=C(C1COC1)N1CCC2(CC1)C(=O)N(Cc1nc3cc(Cl)ccc3n1CCCS(=O)(=O)CCOCCOCCOCCOCI)c1cnccc12. The highest BCUT2D eigenvalue weighted by molar-refractivity contribution is 14.1. The quantitative estimate of drug-likeness (QED) is 0.0934. The zero-order valence-electron chi connectivity index (χ0n) is 29.1. The summed E-state index contributed by atoms with van der Waals surface area (Å²) in [4.78, 5) is 40.2. The molecule has 0 unspecified atom stereocenters. The first kappa shape index (κ1) is 39.2. The molecule has 6 rings (SSSR count). The molecule has 5 heterocycles. The van der Waals surface area contributed by atoms with Gasteiger partial charge in [-0.05, 0) is 49.1 Å². The number of ether oxygens (including phenoxy) is 5. The minimum Gasteiger partial charge on any atom is -0.380 e. The number of aryl methyl sites for hydroxylation is 1. The van der Waals surface area contributed by atoms with Gasteiger partial charge < -0.3 is 38.1 Å². The predicted octanol–water partition coefficient (Wildman–Crippen LogP) is 3.40. The maximum atomic E-state index is 14.4. The standard InChI is InChI=1S/C35H45ClIN5O9S/c36-27-2-3-30-29(20-27)39-32(41(30)8-1-18-52(45,46)19-17-49-14-13-47-11-12-48-15-16-50-25-37)22-42-31-21-38-7-4-28(31)35(34(42)44)5-9-40(10-6-35)33(43)26-23-51-24-26/h2-4,7,20-21,26H,1,5-6,8-19,22-25H2. The fourth-order valence-corrected chi connectivity index (χ4v) is 8.61. The van der Waals surface area contributed by atoms with E-state index in [-0.39, 0.29) is 42.4 Å². The smallest absolute Gasteiger partial charge is 0.238 e. The normalized spacial score (nSPS) is 17.3. The molecule has 2 aromatic heterocycles. The monoisotopic (exact) mass is 873 g/mol. The second-order valence-corrected chi connectivity index (χ2v) is 16.5. The van der Waals surface area contributed by atoms with E-state index in [1.807, 2.05) is 21.6 Å². The number of hydrogen-bond acceptors (Lipinski definition) is 11. The zero-order valence-corrected chi connectivity index (χ0v) is 32.8. The van der Waals surface area contributed by atoms with E-state index in [4.69, 9.17) is 40.3 Å². The number of carbonyl (C=O) groups is 2. The molecule has 2 saturated heterocycles. The number of anilines is 1. The number of aromatic nitrogens is 3. The number of sulfone groups is 1. The van der Waals surface area contributed by atoms with E-state index >= 15 is 0 Å². The van der Waals surface area contributed by atoms with Gasteiger partial charge in [-0.1, -0.05) is 34.2 Å². The highest BCUT2D eigenvalue weighted by atomic mass is 127. The van der Waals surface area contributed by atoms with Gasteiger partial charge in [-0.3, -0.25) is 14.6 Å². The van der Waals surface area contributed by atoms with Crippen LogP contribution in [0.2, 0.25) is 5.02 Å². The molecule has 0 aliphatic carbocycles. The molecule has 52 heavy (non-hydrogen) atoms. The largest absolute Gasteiger partial charge is 0.380 e. The summed E-state index contributed by atoms with van der Waals surface area (Å²) in [7, 11) is -3.39. The number of carbonyl (C=O) groups excluding carboxylic acids is 2. The van der Waals surface area contributed by atoms with Crippen molar-refractivity contribution in [2.45, 2.75) is 37.8 Å². The van der Waals surface area contributed by atoms with Crippen molar-refractivity contribution >= 4 is 72.6 Å². The molecule has 3 aliphatic heterocycles. The Morgan fingerprint density at radius 2 is 1.67 bits per heavy atom. The molecule has 14 nitrogen and oxygen atoms in total. The second kappa shape index (κ2) is 18.3. The minimum absolute atomic E-state index is 0.0289. The van der Waals surface area contributed by atoms with E-state index in [1.165, 1.54) is 0 Å². The number of piperidine rings is 1. The van der Waals surface area contributed by atoms with Gasteiger partial charge in [0.1, 0.15) is 5.82 Å². The number of pyridine rings is 1. The molecule has 0 N–H and O–H groups in total. The van der Waals surface area contributed by atoms with Crippen molar-refractivity contribution in [3.63, 3.8) is 0 Å². The van der Waals surface area contributed by atoms with E-state index in [2.05, 4.69) is 27.6 Å². The van der Waals surface area contributed by atoms with E-state index in [9.17, 15) is 18.0 Å². The van der Waals surface area contributed by atoms with E-state index in [1.54, 1.807) is 29.4 Å². The van der Waals surface area contributed by atoms with Gasteiger partial charge in [-0.15, -0.1) is 0 Å². The molecule has 2 fully saturated rings. The summed E-state index contributed by atoms with van der Waals surface area (Å²) < 4.78 is 55.2. The van der Waals surface area contributed by atoms with Gasteiger partial charge in [0, 0.05) is 30.9 Å². The number of benzene rings is 1. The minimum atomic E-state index is -3.39. The summed E-state index contributed by atoms with van der Waals surface area (Å²) >= 11 is 8.46. The number of fused-ring (bicyclic) bond motifs is 3. The average Bonchev–Trinajstić information content (AvgIpc) is 3.55. The Hall–Kier alpha value is -2.45. The first-order valence-corrected chi connectivity index (χ1v) is 21.3. The molecular formula is C35H45ClIN5O9S. The third kappa shape index (κ3) is 9.25. The van der Waals surface area contributed by atoms with Crippen molar-refractivity contribution in [3.05, 3.63) is 53.1 Å². The van der Waals surface area contributed by atoms with Crippen molar-refractivity contribution < 1.29 is 41.7 Å². The van der Waals surface area contributed by atoms with Crippen LogP contribution in [0.25, 0.3) is 11.0 Å².